The number of carbonyl (C=O) groups is 1. The molecule has 1 atom stereocenters. The smallest absolute Gasteiger partial charge is 0.260 e. The van der Waals surface area contributed by atoms with Crippen LogP contribution in [0.25, 0.3) is 0 Å². The van der Waals surface area contributed by atoms with Crippen molar-refractivity contribution >= 4 is 5.91 Å². The van der Waals surface area contributed by atoms with Gasteiger partial charge in [-0.05, 0) is 38.3 Å². The Morgan fingerprint density at radius 3 is 2.47 bits per heavy atom. The van der Waals surface area contributed by atoms with Crippen molar-refractivity contribution in [3.63, 3.8) is 0 Å². The lowest BCUT2D eigenvalue weighted by atomic mass is 10.1. The molecule has 1 aromatic carbocycles. The zero-order chi connectivity index (χ0) is 14.4. The van der Waals surface area contributed by atoms with E-state index < -0.39 is 6.10 Å². The molecule has 0 saturated heterocycles. The quantitative estimate of drug-likeness (QED) is 0.855. The van der Waals surface area contributed by atoms with E-state index in [4.69, 9.17) is 4.74 Å². The minimum atomic E-state index is -0.394. The van der Waals surface area contributed by atoms with Crippen molar-refractivity contribution in [1.29, 1.82) is 0 Å². The number of nitrogens with zero attached hydrogens (tertiary/aromatic N) is 1. The van der Waals surface area contributed by atoms with Crippen LogP contribution in [0, 0.1) is 13.8 Å². The Morgan fingerprint density at radius 2 is 1.95 bits per heavy atom. The van der Waals surface area contributed by atoms with Gasteiger partial charge in [0.25, 0.3) is 5.91 Å². The predicted molar refractivity (Wildman–Crippen MR) is 75.3 cm³/mol. The molecule has 1 rings (SSSR count). The summed E-state index contributed by atoms with van der Waals surface area (Å²) in [6, 6.07) is 5.89. The van der Waals surface area contributed by atoms with Crippen LogP contribution < -0.4 is 4.74 Å². The minimum absolute atomic E-state index is 0.0298. The number of hydrogen-bond acceptors (Lipinski definition) is 3. The monoisotopic (exact) mass is 265 g/mol. The average molecular weight is 265 g/mol. The normalized spacial score (nSPS) is 12.1. The summed E-state index contributed by atoms with van der Waals surface area (Å²) < 4.78 is 5.60. The van der Waals surface area contributed by atoms with E-state index in [9.17, 15) is 9.90 Å². The molecule has 0 aliphatic carbocycles. The van der Waals surface area contributed by atoms with Crippen molar-refractivity contribution in [3.8, 4) is 5.75 Å². The predicted octanol–water partition coefficient (Wildman–Crippen LogP) is 1.91. The number of likely N-dealkylation sites (N-methyl/N-ethyl adjacent to an activating group) is 1. The molecule has 0 aliphatic rings. The van der Waals surface area contributed by atoms with Gasteiger partial charge in [0, 0.05) is 13.6 Å². The lowest BCUT2D eigenvalue weighted by Gasteiger charge is -2.19. The third kappa shape index (κ3) is 4.91. The highest BCUT2D eigenvalue weighted by Crippen LogP contribution is 2.22. The van der Waals surface area contributed by atoms with Gasteiger partial charge in [0.2, 0.25) is 0 Å². The summed E-state index contributed by atoms with van der Waals surface area (Å²) in [5, 5.41) is 9.19. The van der Waals surface area contributed by atoms with Crippen LogP contribution >= 0.6 is 0 Å². The molecule has 1 aromatic rings. The Morgan fingerprint density at radius 1 is 1.37 bits per heavy atom. The third-order valence-corrected chi connectivity index (χ3v) is 3.06. The molecule has 0 bridgehead atoms. The number of benzene rings is 1. The molecule has 0 aromatic heterocycles. The SMILES string of the molecule is Cc1cccc(C)c1OCC(=O)N(C)CCC(C)O. The summed E-state index contributed by atoms with van der Waals surface area (Å²) in [5.41, 5.74) is 2.05. The second kappa shape index (κ2) is 7.14. The number of rotatable bonds is 6. The Hall–Kier alpha value is -1.55. The van der Waals surface area contributed by atoms with E-state index in [1.54, 1.807) is 18.9 Å². The molecule has 4 heteroatoms. The Balaban J connectivity index is 2.50. The van der Waals surface area contributed by atoms with Gasteiger partial charge in [-0.25, -0.2) is 0 Å². The lowest BCUT2D eigenvalue weighted by molar-refractivity contribution is -0.132. The molecular formula is C15H23NO3. The maximum absolute atomic E-state index is 11.9. The van der Waals surface area contributed by atoms with Gasteiger partial charge in [-0.3, -0.25) is 4.79 Å². The van der Waals surface area contributed by atoms with Gasteiger partial charge in [0.15, 0.2) is 6.61 Å². The highest BCUT2D eigenvalue weighted by Gasteiger charge is 2.12. The topological polar surface area (TPSA) is 49.8 Å². The van der Waals surface area contributed by atoms with Crippen LogP contribution in [-0.4, -0.2) is 42.2 Å². The zero-order valence-electron chi connectivity index (χ0n) is 12.1. The molecular weight excluding hydrogens is 242 g/mol. The van der Waals surface area contributed by atoms with Crippen molar-refractivity contribution in [2.24, 2.45) is 0 Å². The molecule has 1 unspecified atom stereocenters. The van der Waals surface area contributed by atoms with Crippen molar-refractivity contribution < 1.29 is 14.6 Å². The van der Waals surface area contributed by atoms with Gasteiger partial charge in [0.05, 0.1) is 6.10 Å². The summed E-state index contributed by atoms with van der Waals surface area (Å²) in [5.74, 6) is 0.697. The van der Waals surface area contributed by atoms with Crippen LogP contribution in [0.1, 0.15) is 24.5 Å². The van der Waals surface area contributed by atoms with Crippen LogP contribution in [-0.2, 0) is 4.79 Å². The van der Waals surface area contributed by atoms with Crippen LogP contribution in [0.5, 0.6) is 5.75 Å². The van der Waals surface area contributed by atoms with Gasteiger partial charge < -0.3 is 14.7 Å². The molecule has 4 nitrogen and oxygen atoms in total. The number of aliphatic hydroxyl groups excluding tert-OH is 1. The van der Waals surface area contributed by atoms with E-state index in [0.29, 0.717) is 13.0 Å². The van der Waals surface area contributed by atoms with Crippen molar-refractivity contribution in [1.82, 2.24) is 4.90 Å². The average Bonchev–Trinajstić information content (AvgIpc) is 2.35. The fraction of sp³-hybridized carbons (Fsp3) is 0.533. The number of aliphatic hydroxyl groups is 1. The van der Waals surface area contributed by atoms with E-state index in [0.717, 1.165) is 16.9 Å². The largest absolute Gasteiger partial charge is 0.483 e. The molecule has 19 heavy (non-hydrogen) atoms. The minimum Gasteiger partial charge on any atom is -0.483 e. The number of ether oxygens (including phenoxy) is 1. The first-order valence-corrected chi connectivity index (χ1v) is 6.53. The van der Waals surface area contributed by atoms with E-state index in [1.807, 2.05) is 32.0 Å². The van der Waals surface area contributed by atoms with Crippen molar-refractivity contribution in [3.05, 3.63) is 29.3 Å². The molecule has 0 aliphatic heterocycles. The van der Waals surface area contributed by atoms with Gasteiger partial charge in [0.1, 0.15) is 5.75 Å². The van der Waals surface area contributed by atoms with Crippen LogP contribution in [0.3, 0.4) is 0 Å². The second-order valence-electron chi connectivity index (χ2n) is 4.96. The van der Waals surface area contributed by atoms with Gasteiger partial charge >= 0.3 is 0 Å². The lowest BCUT2D eigenvalue weighted by Crippen LogP contribution is -2.33. The van der Waals surface area contributed by atoms with Crippen LogP contribution in [0.4, 0.5) is 0 Å². The summed E-state index contributed by atoms with van der Waals surface area (Å²) in [6.45, 7) is 6.20. The summed E-state index contributed by atoms with van der Waals surface area (Å²) >= 11 is 0. The van der Waals surface area contributed by atoms with Crippen molar-refractivity contribution in [2.45, 2.75) is 33.3 Å². The molecule has 0 fully saturated rings. The fourth-order valence-electron chi connectivity index (χ4n) is 1.78. The summed E-state index contributed by atoms with van der Waals surface area (Å²) in [7, 11) is 1.72. The Labute approximate surface area is 115 Å². The molecule has 0 radical (unpaired) electrons. The highest BCUT2D eigenvalue weighted by molar-refractivity contribution is 5.77. The maximum atomic E-state index is 11.9. The zero-order valence-corrected chi connectivity index (χ0v) is 12.1. The van der Waals surface area contributed by atoms with Crippen LogP contribution in [0.15, 0.2) is 18.2 Å². The Kier molecular flexibility index (Phi) is 5.83. The standard InChI is InChI=1S/C15H23NO3/c1-11-6-5-7-12(2)15(11)19-10-14(18)16(4)9-8-13(3)17/h5-7,13,17H,8-10H2,1-4H3. The third-order valence-electron chi connectivity index (χ3n) is 3.06. The number of para-hydroxylation sites is 1. The molecule has 106 valence electrons. The van der Waals surface area contributed by atoms with Gasteiger partial charge in [-0.2, -0.15) is 0 Å². The summed E-state index contributed by atoms with van der Waals surface area (Å²) in [4.78, 5) is 13.5. The van der Waals surface area contributed by atoms with E-state index in [2.05, 4.69) is 0 Å². The van der Waals surface area contributed by atoms with Crippen molar-refractivity contribution in [2.75, 3.05) is 20.2 Å². The number of amides is 1. The number of hydrogen-bond donors (Lipinski definition) is 1. The fourth-order valence-corrected chi connectivity index (χ4v) is 1.78. The van der Waals surface area contributed by atoms with Crippen LogP contribution in [0.2, 0.25) is 0 Å². The van der Waals surface area contributed by atoms with Gasteiger partial charge in [-0.1, -0.05) is 18.2 Å². The van der Waals surface area contributed by atoms with E-state index in [-0.39, 0.29) is 12.5 Å². The summed E-state index contributed by atoms with van der Waals surface area (Å²) in [6.07, 6.45) is 0.181. The molecule has 1 N–H and O–H groups in total. The first-order chi connectivity index (χ1) is 8.91. The molecule has 1 amide bonds. The molecule has 0 saturated carbocycles. The van der Waals surface area contributed by atoms with E-state index in [1.165, 1.54) is 0 Å². The Bertz CT molecular complexity index is 409. The number of carbonyl (C=O) groups excluding carboxylic acids is 1. The second-order valence-corrected chi connectivity index (χ2v) is 4.96. The maximum Gasteiger partial charge on any atom is 0.260 e. The first-order valence-electron chi connectivity index (χ1n) is 6.53. The van der Waals surface area contributed by atoms with E-state index >= 15 is 0 Å². The molecule has 0 spiro atoms. The molecule has 0 heterocycles. The first kappa shape index (κ1) is 15.5. The number of aryl methyl sites for hydroxylation is 2. The van der Waals surface area contributed by atoms with Gasteiger partial charge in [-0.15, -0.1) is 0 Å². The highest BCUT2D eigenvalue weighted by atomic mass is 16.5.